The quantitative estimate of drug-likeness (QED) is 0.664. The van der Waals surface area contributed by atoms with Crippen molar-refractivity contribution in [3.8, 4) is 0 Å². The second kappa shape index (κ2) is 3.76. The molecule has 2 unspecified atom stereocenters. The molecule has 0 radical (unpaired) electrons. The summed E-state index contributed by atoms with van der Waals surface area (Å²) >= 11 is 0. The number of amides is 1. The van der Waals surface area contributed by atoms with E-state index >= 15 is 0 Å². The lowest BCUT2D eigenvalue weighted by Crippen LogP contribution is -2.48. The van der Waals surface area contributed by atoms with E-state index in [2.05, 4.69) is 31.5 Å². The number of hydrogen-bond acceptors (Lipinski definition) is 3. The Morgan fingerprint density at radius 1 is 1.40 bits per heavy atom. The number of carbonyl (C=O) groups is 1. The molecule has 0 aromatic rings. The molecule has 4 heteroatoms. The highest BCUT2D eigenvalue weighted by Crippen LogP contribution is 2.27. The number of rotatable bonds is 1. The first kappa shape index (κ1) is 10.9. The van der Waals surface area contributed by atoms with Gasteiger partial charge in [-0.15, -0.1) is 0 Å². The summed E-state index contributed by atoms with van der Waals surface area (Å²) in [4.78, 5) is 11.9. The topological polar surface area (TPSA) is 44.4 Å². The summed E-state index contributed by atoms with van der Waals surface area (Å²) in [7, 11) is 0. The Labute approximate surface area is 91.4 Å². The van der Waals surface area contributed by atoms with E-state index in [1.165, 1.54) is 0 Å². The predicted molar refractivity (Wildman–Crippen MR) is 59.1 cm³/mol. The number of hydrogen-bond donors (Lipinski definition) is 2. The van der Waals surface area contributed by atoms with Crippen molar-refractivity contribution in [1.29, 1.82) is 0 Å². The van der Waals surface area contributed by atoms with Crippen molar-refractivity contribution < 1.29 is 4.79 Å². The summed E-state index contributed by atoms with van der Waals surface area (Å²) in [5.41, 5.74) is 3.52. The van der Waals surface area contributed by atoms with E-state index in [1.807, 2.05) is 5.01 Å². The Morgan fingerprint density at radius 3 is 2.60 bits per heavy atom. The zero-order valence-electron chi connectivity index (χ0n) is 9.84. The lowest BCUT2D eigenvalue weighted by molar-refractivity contribution is -0.131. The smallest absolute Gasteiger partial charge is 0.238 e. The van der Waals surface area contributed by atoms with E-state index < -0.39 is 0 Å². The highest BCUT2D eigenvalue weighted by molar-refractivity contribution is 5.78. The van der Waals surface area contributed by atoms with Crippen LogP contribution in [0.25, 0.3) is 0 Å². The molecular weight excluding hydrogens is 190 g/mol. The minimum Gasteiger partial charge on any atom is -0.315 e. The normalized spacial score (nSPS) is 32.7. The molecule has 0 aliphatic carbocycles. The average Bonchev–Trinajstić information content (AvgIpc) is 2.69. The van der Waals surface area contributed by atoms with Gasteiger partial charge in [-0.2, -0.15) is 0 Å². The van der Waals surface area contributed by atoms with E-state index in [4.69, 9.17) is 0 Å². The molecule has 4 nitrogen and oxygen atoms in total. The molecule has 2 saturated heterocycles. The lowest BCUT2D eigenvalue weighted by atomic mass is 9.86. The molecule has 2 aliphatic heterocycles. The molecule has 0 saturated carbocycles. The van der Waals surface area contributed by atoms with Crippen molar-refractivity contribution in [2.45, 2.75) is 45.7 Å². The fourth-order valence-corrected chi connectivity index (χ4v) is 2.23. The van der Waals surface area contributed by atoms with Crippen LogP contribution in [0.3, 0.4) is 0 Å². The highest BCUT2D eigenvalue weighted by atomic mass is 16.2. The molecule has 0 aromatic carbocycles. The zero-order chi connectivity index (χ0) is 11.1. The molecule has 2 atom stereocenters. The van der Waals surface area contributed by atoms with Crippen LogP contribution in [0.15, 0.2) is 0 Å². The van der Waals surface area contributed by atoms with Gasteiger partial charge in [0.05, 0.1) is 6.04 Å². The summed E-state index contributed by atoms with van der Waals surface area (Å²) in [5, 5.41) is 5.15. The van der Waals surface area contributed by atoms with Crippen molar-refractivity contribution in [2.24, 2.45) is 5.41 Å². The Bertz CT molecular complexity index is 253. The predicted octanol–water partition coefficient (Wildman–Crippen LogP) is 0.500. The minimum atomic E-state index is 0.149. The summed E-state index contributed by atoms with van der Waals surface area (Å²) in [6.45, 7) is 8.48. The minimum absolute atomic E-state index is 0.149. The Balaban J connectivity index is 2.01. The summed E-state index contributed by atoms with van der Waals surface area (Å²) < 4.78 is 0. The SMILES string of the molecule is CC(C)(C)C1CC(=O)N(C2CCNC2)N1. The van der Waals surface area contributed by atoms with Crippen LogP contribution in [0.5, 0.6) is 0 Å². The summed E-state index contributed by atoms with van der Waals surface area (Å²) in [6, 6.07) is 0.635. The van der Waals surface area contributed by atoms with Crippen molar-refractivity contribution in [2.75, 3.05) is 13.1 Å². The third-order valence-corrected chi connectivity index (χ3v) is 3.39. The number of nitrogens with zero attached hydrogens (tertiary/aromatic N) is 1. The van der Waals surface area contributed by atoms with Gasteiger partial charge in [-0.3, -0.25) is 9.80 Å². The van der Waals surface area contributed by atoms with Crippen LogP contribution >= 0.6 is 0 Å². The van der Waals surface area contributed by atoms with Gasteiger partial charge in [0.15, 0.2) is 0 Å². The first-order valence-electron chi connectivity index (χ1n) is 5.77. The van der Waals surface area contributed by atoms with Gasteiger partial charge in [0, 0.05) is 19.0 Å². The van der Waals surface area contributed by atoms with Gasteiger partial charge in [-0.1, -0.05) is 20.8 Å². The first-order valence-corrected chi connectivity index (χ1v) is 5.77. The van der Waals surface area contributed by atoms with Gasteiger partial charge in [-0.05, 0) is 18.4 Å². The second-order valence-corrected chi connectivity index (χ2v) is 5.66. The fourth-order valence-electron chi connectivity index (χ4n) is 2.23. The average molecular weight is 211 g/mol. The van der Waals surface area contributed by atoms with E-state index in [0.717, 1.165) is 19.5 Å². The maximum atomic E-state index is 11.9. The number of hydrazine groups is 1. The van der Waals surface area contributed by atoms with Crippen molar-refractivity contribution in [3.05, 3.63) is 0 Å². The first-order chi connectivity index (χ1) is 6.98. The van der Waals surface area contributed by atoms with Gasteiger partial charge in [0.25, 0.3) is 0 Å². The monoisotopic (exact) mass is 211 g/mol. The van der Waals surface area contributed by atoms with Crippen molar-refractivity contribution >= 4 is 5.91 Å². The van der Waals surface area contributed by atoms with Gasteiger partial charge in [0.2, 0.25) is 5.91 Å². The van der Waals surface area contributed by atoms with E-state index in [0.29, 0.717) is 12.5 Å². The standard InChI is InChI=1S/C11H21N3O/c1-11(2,3)9-6-10(15)14(13-9)8-4-5-12-7-8/h8-9,12-13H,4-7H2,1-3H3. The number of nitrogens with one attached hydrogen (secondary N) is 2. The molecule has 2 N–H and O–H groups in total. The fraction of sp³-hybridized carbons (Fsp3) is 0.909. The third kappa shape index (κ3) is 2.16. The lowest BCUT2D eigenvalue weighted by Gasteiger charge is -2.29. The Hall–Kier alpha value is -0.610. The molecule has 15 heavy (non-hydrogen) atoms. The molecule has 2 heterocycles. The number of carbonyl (C=O) groups excluding carboxylic acids is 1. The Kier molecular flexibility index (Phi) is 2.73. The van der Waals surface area contributed by atoms with E-state index in [1.54, 1.807) is 0 Å². The zero-order valence-corrected chi connectivity index (χ0v) is 9.84. The molecule has 0 spiro atoms. The van der Waals surface area contributed by atoms with Crippen molar-refractivity contribution in [3.63, 3.8) is 0 Å². The molecule has 2 fully saturated rings. The molecule has 0 aromatic heterocycles. The maximum Gasteiger partial charge on any atom is 0.238 e. The summed E-state index contributed by atoms with van der Waals surface area (Å²) in [6.07, 6.45) is 1.70. The van der Waals surface area contributed by atoms with Gasteiger partial charge in [0.1, 0.15) is 0 Å². The molecule has 0 bridgehead atoms. The van der Waals surface area contributed by atoms with Crippen LogP contribution in [0, 0.1) is 5.41 Å². The molecule has 1 amide bonds. The van der Waals surface area contributed by atoms with Gasteiger partial charge < -0.3 is 5.32 Å². The second-order valence-electron chi connectivity index (χ2n) is 5.66. The van der Waals surface area contributed by atoms with Crippen LogP contribution in [0.2, 0.25) is 0 Å². The highest BCUT2D eigenvalue weighted by Gasteiger charge is 2.39. The van der Waals surface area contributed by atoms with Crippen LogP contribution in [-0.2, 0) is 4.79 Å². The van der Waals surface area contributed by atoms with Crippen LogP contribution in [-0.4, -0.2) is 36.1 Å². The van der Waals surface area contributed by atoms with Crippen LogP contribution in [0.4, 0.5) is 0 Å². The van der Waals surface area contributed by atoms with E-state index in [9.17, 15) is 4.79 Å². The molecule has 86 valence electrons. The van der Waals surface area contributed by atoms with Gasteiger partial charge >= 0.3 is 0 Å². The third-order valence-electron chi connectivity index (χ3n) is 3.39. The van der Waals surface area contributed by atoms with Crippen molar-refractivity contribution in [1.82, 2.24) is 15.8 Å². The molecule has 2 aliphatic rings. The Morgan fingerprint density at radius 2 is 2.13 bits per heavy atom. The molecular formula is C11H21N3O. The van der Waals surface area contributed by atoms with Gasteiger partial charge in [-0.25, -0.2) is 5.43 Å². The maximum absolute atomic E-state index is 11.9. The largest absolute Gasteiger partial charge is 0.315 e. The van der Waals surface area contributed by atoms with Crippen LogP contribution in [0.1, 0.15) is 33.6 Å². The molecule has 2 rings (SSSR count). The van der Waals surface area contributed by atoms with E-state index in [-0.39, 0.29) is 17.4 Å². The van der Waals surface area contributed by atoms with Crippen LogP contribution < -0.4 is 10.7 Å². The summed E-state index contributed by atoms with van der Waals surface area (Å²) in [5.74, 6) is 0.253.